The van der Waals surface area contributed by atoms with Crippen molar-refractivity contribution in [3.8, 4) is 0 Å². The number of nitrogens with one attached hydrogen (secondary N) is 1. The molecule has 0 fully saturated rings. The number of primary amides is 1. The molecule has 0 aliphatic heterocycles. The molecule has 0 bridgehead atoms. The molecule has 2 aromatic rings. The summed E-state index contributed by atoms with van der Waals surface area (Å²) < 4.78 is 4.63. The molecule has 1 aromatic carbocycles. The number of carbonyl (C=O) groups excluding carboxylic acids is 3. The summed E-state index contributed by atoms with van der Waals surface area (Å²) in [6.45, 7) is 0. The van der Waals surface area contributed by atoms with Crippen molar-refractivity contribution in [3.05, 3.63) is 51.7 Å². The van der Waals surface area contributed by atoms with Gasteiger partial charge in [0.15, 0.2) is 0 Å². The molecule has 108 valence electrons. The van der Waals surface area contributed by atoms with Crippen molar-refractivity contribution >= 4 is 34.8 Å². The molecule has 1 heterocycles. The van der Waals surface area contributed by atoms with Gasteiger partial charge in [-0.1, -0.05) is 0 Å². The SMILES string of the molecule is COC(=O)c1sccc1NC(=O)c1ccc(C(N)=O)cc1. The van der Waals surface area contributed by atoms with Crippen LogP contribution in [0.4, 0.5) is 5.69 Å². The number of methoxy groups -OCH3 is 1. The molecule has 6 nitrogen and oxygen atoms in total. The van der Waals surface area contributed by atoms with Gasteiger partial charge in [0.25, 0.3) is 5.91 Å². The Bertz CT molecular complexity index is 691. The zero-order chi connectivity index (χ0) is 15.4. The van der Waals surface area contributed by atoms with E-state index in [4.69, 9.17) is 5.73 Å². The lowest BCUT2D eigenvalue weighted by molar-refractivity contribution is 0.0607. The molecule has 2 amide bonds. The molecular weight excluding hydrogens is 292 g/mol. The van der Waals surface area contributed by atoms with Gasteiger partial charge in [-0.3, -0.25) is 9.59 Å². The summed E-state index contributed by atoms with van der Waals surface area (Å²) >= 11 is 1.18. The Morgan fingerprint density at radius 2 is 1.71 bits per heavy atom. The first-order chi connectivity index (χ1) is 10.0. The molecule has 3 N–H and O–H groups in total. The van der Waals surface area contributed by atoms with E-state index in [1.54, 1.807) is 11.4 Å². The number of hydrogen-bond donors (Lipinski definition) is 2. The molecule has 7 heteroatoms. The number of benzene rings is 1. The van der Waals surface area contributed by atoms with Gasteiger partial charge in [0, 0.05) is 11.1 Å². The molecule has 0 saturated heterocycles. The third-order valence-corrected chi connectivity index (χ3v) is 3.61. The minimum atomic E-state index is -0.562. The summed E-state index contributed by atoms with van der Waals surface area (Å²) in [6.07, 6.45) is 0. The standard InChI is InChI=1S/C14H12N2O4S/c1-20-14(19)11-10(6-7-21-11)16-13(18)9-4-2-8(3-5-9)12(15)17/h2-7H,1H3,(H2,15,17)(H,16,18). The van der Waals surface area contributed by atoms with Gasteiger partial charge in [0.05, 0.1) is 12.8 Å². The van der Waals surface area contributed by atoms with E-state index < -0.39 is 17.8 Å². The van der Waals surface area contributed by atoms with Crippen molar-refractivity contribution < 1.29 is 19.1 Å². The van der Waals surface area contributed by atoms with Crippen LogP contribution in [-0.4, -0.2) is 24.9 Å². The predicted molar refractivity (Wildman–Crippen MR) is 78.6 cm³/mol. The minimum absolute atomic E-state index is 0.317. The van der Waals surface area contributed by atoms with Crippen LogP contribution in [0, 0.1) is 0 Å². The molecular formula is C14H12N2O4S. The topological polar surface area (TPSA) is 98.5 Å². The van der Waals surface area contributed by atoms with Crippen LogP contribution in [0.25, 0.3) is 0 Å². The maximum Gasteiger partial charge on any atom is 0.350 e. The molecule has 0 radical (unpaired) electrons. The second-order valence-corrected chi connectivity index (χ2v) is 4.97. The fourth-order valence-corrected chi connectivity index (χ4v) is 2.40. The van der Waals surface area contributed by atoms with Gasteiger partial charge >= 0.3 is 5.97 Å². The van der Waals surface area contributed by atoms with Crippen LogP contribution < -0.4 is 11.1 Å². The van der Waals surface area contributed by atoms with E-state index in [9.17, 15) is 14.4 Å². The highest BCUT2D eigenvalue weighted by Gasteiger charge is 2.16. The van der Waals surface area contributed by atoms with Crippen molar-refractivity contribution in [3.63, 3.8) is 0 Å². The monoisotopic (exact) mass is 304 g/mol. The number of esters is 1. The summed E-state index contributed by atoms with van der Waals surface area (Å²) in [5.41, 5.74) is 6.18. The lowest BCUT2D eigenvalue weighted by atomic mass is 10.1. The van der Waals surface area contributed by atoms with Gasteiger partial charge in [-0.05, 0) is 35.7 Å². The van der Waals surface area contributed by atoms with Gasteiger partial charge in [-0.25, -0.2) is 4.79 Å². The van der Waals surface area contributed by atoms with Crippen LogP contribution in [0.15, 0.2) is 35.7 Å². The van der Waals surface area contributed by atoms with Crippen molar-refractivity contribution in [2.45, 2.75) is 0 Å². The molecule has 0 aliphatic rings. The summed E-state index contributed by atoms with van der Waals surface area (Å²) in [7, 11) is 1.27. The van der Waals surface area contributed by atoms with E-state index in [1.807, 2.05) is 0 Å². The average Bonchev–Trinajstić information content (AvgIpc) is 2.94. The highest BCUT2D eigenvalue weighted by atomic mass is 32.1. The number of amides is 2. The third kappa shape index (κ3) is 3.26. The van der Waals surface area contributed by atoms with E-state index in [1.165, 1.54) is 42.7 Å². The Hall–Kier alpha value is -2.67. The van der Waals surface area contributed by atoms with E-state index in [0.717, 1.165) is 0 Å². The summed E-state index contributed by atoms with van der Waals surface area (Å²) in [4.78, 5) is 34.9. The Balaban J connectivity index is 2.16. The summed E-state index contributed by atoms with van der Waals surface area (Å²) in [5.74, 6) is -1.47. The lowest BCUT2D eigenvalue weighted by Gasteiger charge is -2.06. The zero-order valence-electron chi connectivity index (χ0n) is 11.1. The molecule has 0 aliphatic carbocycles. The van der Waals surface area contributed by atoms with Crippen LogP contribution in [0.1, 0.15) is 30.4 Å². The van der Waals surface area contributed by atoms with Crippen LogP contribution in [-0.2, 0) is 4.74 Å². The van der Waals surface area contributed by atoms with E-state index in [0.29, 0.717) is 21.7 Å². The Labute approximate surface area is 124 Å². The van der Waals surface area contributed by atoms with Crippen molar-refractivity contribution in [2.75, 3.05) is 12.4 Å². The highest BCUT2D eigenvalue weighted by Crippen LogP contribution is 2.23. The quantitative estimate of drug-likeness (QED) is 0.843. The van der Waals surface area contributed by atoms with Crippen LogP contribution in [0.2, 0.25) is 0 Å². The normalized spacial score (nSPS) is 9.95. The summed E-state index contributed by atoms with van der Waals surface area (Å²) in [6, 6.07) is 7.52. The van der Waals surface area contributed by atoms with E-state index in [-0.39, 0.29) is 0 Å². The lowest BCUT2D eigenvalue weighted by Crippen LogP contribution is -2.15. The van der Waals surface area contributed by atoms with Crippen LogP contribution in [0.3, 0.4) is 0 Å². The molecule has 0 atom stereocenters. The van der Waals surface area contributed by atoms with Crippen LogP contribution >= 0.6 is 11.3 Å². The molecule has 2 rings (SSSR count). The molecule has 21 heavy (non-hydrogen) atoms. The van der Waals surface area contributed by atoms with E-state index in [2.05, 4.69) is 10.1 Å². The Kier molecular flexibility index (Phi) is 4.34. The molecule has 1 aromatic heterocycles. The summed E-state index contributed by atoms with van der Waals surface area (Å²) in [5, 5.41) is 4.30. The van der Waals surface area contributed by atoms with Crippen LogP contribution in [0.5, 0.6) is 0 Å². The Morgan fingerprint density at radius 3 is 2.29 bits per heavy atom. The number of nitrogens with two attached hydrogens (primary N) is 1. The van der Waals surface area contributed by atoms with Crippen molar-refractivity contribution in [1.82, 2.24) is 0 Å². The number of carbonyl (C=O) groups is 3. The second kappa shape index (κ2) is 6.19. The van der Waals surface area contributed by atoms with Crippen molar-refractivity contribution in [2.24, 2.45) is 5.73 Å². The number of anilines is 1. The van der Waals surface area contributed by atoms with Crippen molar-refractivity contribution in [1.29, 1.82) is 0 Å². The highest BCUT2D eigenvalue weighted by molar-refractivity contribution is 7.12. The fourth-order valence-electron chi connectivity index (χ4n) is 1.64. The average molecular weight is 304 g/mol. The molecule has 0 saturated carbocycles. The fraction of sp³-hybridized carbons (Fsp3) is 0.0714. The minimum Gasteiger partial charge on any atom is -0.465 e. The first-order valence-corrected chi connectivity index (χ1v) is 6.78. The number of hydrogen-bond acceptors (Lipinski definition) is 5. The van der Waals surface area contributed by atoms with Gasteiger partial charge in [-0.15, -0.1) is 11.3 Å². The van der Waals surface area contributed by atoms with E-state index >= 15 is 0 Å². The van der Waals surface area contributed by atoms with Gasteiger partial charge in [0.1, 0.15) is 4.88 Å². The maximum absolute atomic E-state index is 12.1. The third-order valence-electron chi connectivity index (χ3n) is 2.72. The number of ether oxygens (including phenoxy) is 1. The van der Waals surface area contributed by atoms with Gasteiger partial charge in [0.2, 0.25) is 5.91 Å². The zero-order valence-corrected chi connectivity index (χ0v) is 11.9. The largest absolute Gasteiger partial charge is 0.465 e. The number of rotatable bonds is 4. The van der Waals surface area contributed by atoms with Gasteiger partial charge < -0.3 is 15.8 Å². The number of thiophene rings is 1. The predicted octanol–water partition coefficient (Wildman–Crippen LogP) is 1.89. The smallest absolute Gasteiger partial charge is 0.350 e. The van der Waals surface area contributed by atoms with Gasteiger partial charge in [-0.2, -0.15) is 0 Å². The Morgan fingerprint density at radius 1 is 1.10 bits per heavy atom. The first kappa shape index (κ1) is 14.7. The maximum atomic E-state index is 12.1. The second-order valence-electron chi connectivity index (χ2n) is 4.05. The molecule has 0 unspecified atom stereocenters. The first-order valence-electron chi connectivity index (χ1n) is 5.90. The molecule has 0 spiro atoms.